The summed E-state index contributed by atoms with van der Waals surface area (Å²) in [5.74, 6) is 6.15. The number of carbonyl (C=O) groups excluding carboxylic acids is 1. The summed E-state index contributed by atoms with van der Waals surface area (Å²) >= 11 is 0. The summed E-state index contributed by atoms with van der Waals surface area (Å²) in [5, 5.41) is 0. The van der Waals surface area contributed by atoms with Crippen molar-refractivity contribution in [3.63, 3.8) is 0 Å². The second kappa shape index (κ2) is 11.7. The maximum atomic E-state index is 11.3. The van der Waals surface area contributed by atoms with E-state index < -0.39 is 12.3 Å². The monoisotopic (exact) mass is 302 g/mol. The van der Waals surface area contributed by atoms with Crippen LogP contribution in [0.1, 0.15) is 63.5 Å². The van der Waals surface area contributed by atoms with Crippen LogP contribution < -0.4 is 0 Å². The zero-order valence-electron chi connectivity index (χ0n) is 13.6. The molecule has 1 atom stereocenters. The lowest BCUT2D eigenvalue weighted by molar-refractivity contribution is 0.0550. The minimum absolute atomic E-state index is 0.561. The van der Waals surface area contributed by atoms with Crippen molar-refractivity contribution in [2.75, 3.05) is 7.11 Å². The van der Waals surface area contributed by atoms with Crippen molar-refractivity contribution in [1.29, 1.82) is 0 Å². The molecule has 3 nitrogen and oxygen atoms in total. The van der Waals surface area contributed by atoms with Gasteiger partial charge in [-0.1, -0.05) is 81.2 Å². The van der Waals surface area contributed by atoms with Crippen LogP contribution in [0.15, 0.2) is 30.3 Å². The Kier molecular flexibility index (Phi) is 9.61. The molecular weight excluding hydrogens is 276 g/mol. The highest BCUT2D eigenvalue weighted by Gasteiger charge is 2.13. The lowest BCUT2D eigenvalue weighted by atomic mass is 10.1. The quantitative estimate of drug-likeness (QED) is 0.373. The van der Waals surface area contributed by atoms with Crippen LogP contribution in [0.5, 0.6) is 0 Å². The molecule has 0 aliphatic rings. The first-order valence-electron chi connectivity index (χ1n) is 8.06. The van der Waals surface area contributed by atoms with Crippen LogP contribution in [0.2, 0.25) is 0 Å². The number of rotatable bonds is 8. The largest absolute Gasteiger partial charge is 0.509 e. The summed E-state index contributed by atoms with van der Waals surface area (Å²) in [6.45, 7) is 2.22. The molecule has 3 heteroatoms. The molecule has 0 bridgehead atoms. The maximum Gasteiger partial charge on any atom is 0.509 e. The zero-order valence-corrected chi connectivity index (χ0v) is 13.6. The van der Waals surface area contributed by atoms with Crippen LogP contribution >= 0.6 is 0 Å². The van der Waals surface area contributed by atoms with E-state index in [-0.39, 0.29) is 0 Å². The van der Waals surface area contributed by atoms with Crippen molar-refractivity contribution in [3.8, 4) is 11.8 Å². The Bertz CT molecular complexity index is 470. The lowest BCUT2D eigenvalue weighted by Gasteiger charge is -2.11. The summed E-state index contributed by atoms with van der Waals surface area (Å²) in [5.41, 5.74) is 0.864. The molecule has 120 valence electrons. The number of ether oxygens (including phenoxy) is 2. The van der Waals surface area contributed by atoms with Gasteiger partial charge in [-0.2, -0.15) is 0 Å². The van der Waals surface area contributed by atoms with Crippen LogP contribution in [0.4, 0.5) is 4.79 Å². The normalized spacial score (nSPS) is 11.2. The van der Waals surface area contributed by atoms with Gasteiger partial charge in [0.2, 0.25) is 0 Å². The smallest absolute Gasteiger partial charge is 0.438 e. The molecule has 0 N–H and O–H groups in total. The summed E-state index contributed by atoms with van der Waals surface area (Å²) in [6.07, 6.45) is 7.03. The van der Waals surface area contributed by atoms with Gasteiger partial charge in [-0.15, -0.1) is 0 Å². The van der Waals surface area contributed by atoms with E-state index >= 15 is 0 Å². The van der Waals surface area contributed by atoms with Crippen LogP contribution in [-0.4, -0.2) is 13.3 Å². The molecule has 1 rings (SSSR count). The molecule has 0 aliphatic heterocycles. The van der Waals surface area contributed by atoms with Gasteiger partial charge in [0.1, 0.15) is 0 Å². The third-order valence-electron chi connectivity index (χ3n) is 3.37. The van der Waals surface area contributed by atoms with E-state index in [0.29, 0.717) is 0 Å². The molecule has 0 amide bonds. The Labute approximate surface area is 134 Å². The highest BCUT2D eigenvalue weighted by atomic mass is 16.7. The zero-order chi connectivity index (χ0) is 16.0. The average Bonchev–Trinajstić information content (AvgIpc) is 2.56. The Morgan fingerprint density at radius 2 is 1.77 bits per heavy atom. The van der Waals surface area contributed by atoms with Gasteiger partial charge in [0, 0.05) is 12.0 Å². The number of carbonyl (C=O) groups is 1. The lowest BCUT2D eigenvalue weighted by Crippen LogP contribution is -2.09. The van der Waals surface area contributed by atoms with Gasteiger partial charge >= 0.3 is 6.16 Å². The predicted molar refractivity (Wildman–Crippen MR) is 88.4 cm³/mol. The van der Waals surface area contributed by atoms with Gasteiger partial charge in [-0.25, -0.2) is 4.79 Å². The molecule has 0 aliphatic carbocycles. The molecule has 0 saturated heterocycles. The molecule has 0 spiro atoms. The van der Waals surface area contributed by atoms with E-state index in [1.807, 2.05) is 30.3 Å². The number of methoxy groups -OCH3 is 1. The summed E-state index contributed by atoms with van der Waals surface area (Å²) in [6, 6.07) is 9.51. The maximum absolute atomic E-state index is 11.3. The Morgan fingerprint density at radius 3 is 2.45 bits per heavy atom. The molecule has 0 radical (unpaired) electrons. The fourth-order valence-corrected chi connectivity index (χ4v) is 2.11. The Balaban J connectivity index is 2.45. The molecule has 1 unspecified atom stereocenters. The highest BCUT2D eigenvalue weighted by Crippen LogP contribution is 2.17. The first-order chi connectivity index (χ1) is 10.8. The fourth-order valence-electron chi connectivity index (χ4n) is 2.11. The van der Waals surface area contributed by atoms with Crippen LogP contribution in [0, 0.1) is 11.8 Å². The molecule has 1 aromatic carbocycles. The van der Waals surface area contributed by atoms with E-state index in [9.17, 15) is 4.79 Å². The topological polar surface area (TPSA) is 35.5 Å². The first kappa shape index (κ1) is 18.1. The summed E-state index contributed by atoms with van der Waals surface area (Å²) in [4.78, 5) is 11.3. The van der Waals surface area contributed by atoms with Crippen molar-refractivity contribution in [3.05, 3.63) is 35.9 Å². The van der Waals surface area contributed by atoms with Gasteiger partial charge < -0.3 is 9.47 Å². The van der Waals surface area contributed by atoms with E-state index in [2.05, 4.69) is 23.5 Å². The van der Waals surface area contributed by atoms with Gasteiger partial charge in [-0.3, -0.25) is 0 Å². The van der Waals surface area contributed by atoms with Crippen molar-refractivity contribution in [1.82, 2.24) is 0 Å². The van der Waals surface area contributed by atoms with Crippen LogP contribution in [0.25, 0.3) is 0 Å². The van der Waals surface area contributed by atoms with Gasteiger partial charge in [0.25, 0.3) is 0 Å². The molecule has 0 heterocycles. The highest BCUT2D eigenvalue weighted by molar-refractivity contribution is 5.60. The van der Waals surface area contributed by atoms with Crippen LogP contribution in [0.3, 0.4) is 0 Å². The Hall–Kier alpha value is -1.95. The number of hydrogen-bond acceptors (Lipinski definition) is 3. The molecular formula is C19H26O3. The van der Waals surface area contributed by atoms with E-state index in [1.54, 1.807) is 0 Å². The van der Waals surface area contributed by atoms with Crippen LogP contribution in [-0.2, 0) is 9.47 Å². The van der Waals surface area contributed by atoms with Crippen molar-refractivity contribution >= 4 is 6.16 Å². The van der Waals surface area contributed by atoms with Crippen molar-refractivity contribution in [2.24, 2.45) is 0 Å². The number of unbranched alkanes of at least 4 members (excludes halogenated alkanes) is 6. The van der Waals surface area contributed by atoms with Crippen molar-refractivity contribution < 1.29 is 14.3 Å². The second-order valence-electron chi connectivity index (χ2n) is 5.20. The van der Waals surface area contributed by atoms with Gasteiger partial charge in [0.05, 0.1) is 7.11 Å². The van der Waals surface area contributed by atoms with Crippen molar-refractivity contribution in [2.45, 2.75) is 58.0 Å². The minimum Gasteiger partial charge on any atom is -0.438 e. The molecule has 0 fully saturated rings. The van der Waals surface area contributed by atoms with Gasteiger partial charge in [-0.05, 0) is 6.42 Å². The SMILES string of the molecule is CCCCCCCCC#CC(OC(=O)OC)c1ccccc1. The van der Waals surface area contributed by atoms with E-state index in [0.717, 1.165) is 18.4 Å². The average molecular weight is 302 g/mol. The molecule has 0 saturated carbocycles. The third kappa shape index (κ3) is 7.73. The first-order valence-corrected chi connectivity index (χ1v) is 8.06. The standard InChI is InChI=1S/C19H26O3/c1-3-4-5-6-7-8-9-13-16-18(22-19(20)21-2)17-14-11-10-12-15-17/h10-12,14-15,18H,3-9H2,1-2H3. The fraction of sp³-hybridized carbons (Fsp3) is 0.526. The minimum atomic E-state index is -0.706. The molecule has 22 heavy (non-hydrogen) atoms. The predicted octanol–water partition coefficient (Wildman–Crippen LogP) is 5.26. The van der Waals surface area contributed by atoms with Gasteiger partial charge in [0.15, 0.2) is 6.10 Å². The summed E-state index contributed by atoms with van der Waals surface area (Å²) < 4.78 is 9.77. The third-order valence-corrected chi connectivity index (χ3v) is 3.37. The van der Waals surface area contributed by atoms with E-state index in [4.69, 9.17) is 4.74 Å². The molecule has 1 aromatic rings. The summed E-state index contributed by atoms with van der Waals surface area (Å²) in [7, 11) is 1.30. The Morgan fingerprint density at radius 1 is 1.09 bits per heavy atom. The number of benzene rings is 1. The number of hydrogen-bond donors (Lipinski definition) is 0. The van der Waals surface area contributed by atoms with E-state index in [1.165, 1.54) is 39.2 Å². The second-order valence-corrected chi connectivity index (χ2v) is 5.20. The molecule has 0 aromatic heterocycles.